The second-order valence-electron chi connectivity index (χ2n) is 14.5. The van der Waals surface area contributed by atoms with Crippen LogP contribution in [0.25, 0.3) is 0 Å². The molecule has 34 heteroatoms. The predicted octanol–water partition coefficient (Wildman–Crippen LogP) is -8.49. The first-order valence-corrected chi connectivity index (χ1v) is 21.3. The highest BCUT2D eigenvalue weighted by Gasteiger charge is 2.29. The number of aliphatic hydroxyl groups excluding tert-OH is 20. The summed E-state index contributed by atoms with van der Waals surface area (Å²) in [7, 11) is 0. The normalized spacial score (nSPS) is 9.55. The smallest absolute Gasteiger partial charge is 0.327 e. The molecule has 0 heterocycles. The van der Waals surface area contributed by atoms with E-state index in [0.29, 0.717) is 0 Å². The van der Waals surface area contributed by atoms with E-state index in [0.717, 1.165) is 42.5 Å². The van der Waals surface area contributed by atoms with Gasteiger partial charge in [-0.25, -0.2) is 33.6 Å². The van der Waals surface area contributed by atoms with Gasteiger partial charge in [-0.05, 0) is 0 Å². The van der Waals surface area contributed by atoms with Gasteiger partial charge in [0.2, 0.25) is 0 Å². The topological polar surface area (TPSA) is 666 Å². The van der Waals surface area contributed by atoms with Crippen molar-refractivity contribution in [3.63, 3.8) is 0 Å². The fraction of sp³-hybridized carbons (Fsp3) is 0.543. The molecular formula is C46H88O34. The van der Waals surface area contributed by atoms with Crippen molar-refractivity contribution in [2.75, 3.05) is 132 Å². The first-order chi connectivity index (χ1) is 37.1. The van der Waals surface area contributed by atoms with Gasteiger partial charge in [0.05, 0.1) is 159 Å². The second-order valence-corrected chi connectivity index (χ2v) is 14.5. The Kier molecular flexibility index (Phi) is 92.9. The molecule has 27 N–H and O–H groups in total. The lowest BCUT2D eigenvalue weighted by Crippen LogP contribution is -2.37. The molecule has 0 aromatic heterocycles. The molecule has 0 bridgehead atoms. The van der Waals surface area contributed by atoms with Crippen molar-refractivity contribution in [3.05, 3.63) is 88.6 Å². The van der Waals surface area contributed by atoms with Crippen LogP contribution in [0.2, 0.25) is 0 Å². The van der Waals surface area contributed by atoms with Crippen LogP contribution in [0.3, 0.4) is 0 Å². The number of carboxylic acids is 7. The average molecular weight is 1190 g/mol. The van der Waals surface area contributed by atoms with Gasteiger partial charge < -0.3 is 138 Å². The lowest BCUT2D eigenvalue weighted by molar-refractivity contribution is -0.132. The highest BCUT2D eigenvalue weighted by molar-refractivity contribution is 5.80. The maximum absolute atomic E-state index is 9.25. The van der Waals surface area contributed by atoms with E-state index in [1.807, 2.05) is 0 Å². The third-order valence-corrected chi connectivity index (χ3v) is 7.93. The van der Waals surface area contributed by atoms with Gasteiger partial charge in [-0.1, -0.05) is 46.1 Å². The average Bonchev–Trinajstić information content (AvgIpc) is 3.48. The van der Waals surface area contributed by atoms with Crippen LogP contribution < -0.4 is 0 Å². The Hall–Kier alpha value is -6.33. The summed E-state index contributed by atoms with van der Waals surface area (Å²) < 4.78 is 0. The number of hydrogen-bond donors (Lipinski definition) is 27. The summed E-state index contributed by atoms with van der Waals surface area (Å²) >= 11 is 0. The van der Waals surface area contributed by atoms with Gasteiger partial charge in [0.15, 0.2) is 0 Å². The van der Waals surface area contributed by atoms with E-state index >= 15 is 0 Å². The van der Waals surface area contributed by atoms with E-state index < -0.39 is 201 Å². The van der Waals surface area contributed by atoms with Crippen molar-refractivity contribution in [1.29, 1.82) is 0 Å². The molecule has 0 unspecified atom stereocenters. The lowest BCUT2D eigenvalue weighted by Gasteiger charge is -2.23. The highest BCUT2D eigenvalue weighted by atomic mass is 16.4. The maximum atomic E-state index is 9.25. The van der Waals surface area contributed by atoms with Crippen molar-refractivity contribution >= 4 is 41.8 Å². The van der Waals surface area contributed by atoms with E-state index in [-0.39, 0.29) is 0 Å². The summed E-state index contributed by atoms with van der Waals surface area (Å²) in [6, 6.07) is 0. The number of aliphatic carboxylic acids is 7. The summed E-state index contributed by atoms with van der Waals surface area (Å²) in [6.45, 7) is 12.6. The molecule has 0 amide bonds. The van der Waals surface area contributed by atoms with Crippen LogP contribution in [0.5, 0.6) is 0 Å². The molecule has 0 radical (unpaired) electrons. The molecular weight excluding hydrogens is 1100 g/mol. The van der Waals surface area contributed by atoms with Gasteiger partial charge in [0.25, 0.3) is 0 Å². The van der Waals surface area contributed by atoms with Gasteiger partial charge in [-0.15, -0.1) is 0 Å². The molecule has 476 valence electrons. The van der Waals surface area contributed by atoms with Crippen LogP contribution >= 0.6 is 0 Å². The van der Waals surface area contributed by atoms with Crippen molar-refractivity contribution < 1.29 is 171 Å². The molecule has 0 fully saturated rings. The standard InChI is InChI=1S/5C5H12O4.7C3H4O2/c5*6-1-5(2-7,3-8)4-9;7*1-2-3(4)5/h5*6-9H,1-4H2;7*2H,1H2,(H,4,5). The molecule has 80 heavy (non-hydrogen) atoms. The van der Waals surface area contributed by atoms with E-state index in [1.54, 1.807) is 0 Å². The fourth-order valence-corrected chi connectivity index (χ4v) is 1.50. The summed E-state index contributed by atoms with van der Waals surface area (Å²) in [5.74, 6) is -6.87. The minimum atomic E-state index is -1.11. The van der Waals surface area contributed by atoms with Gasteiger partial charge in [0, 0.05) is 42.5 Å². The van der Waals surface area contributed by atoms with Gasteiger partial charge in [-0.2, -0.15) is 0 Å². The Balaban J connectivity index is -0.0000000637. The molecule has 0 saturated heterocycles. The van der Waals surface area contributed by atoms with E-state index in [4.69, 9.17) is 138 Å². The Morgan fingerprint density at radius 2 is 0.225 bits per heavy atom. The van der Waals surface area contributed by atoms with Gasteiger partial charge in [0.1, 0.15) is 0 Å². The Bertz CT molecular complexity index is 1170. The zero-order valence-corrected chi connectivity index (χ0v) is 44.1. The van der Waals surface area contributed by atoms with Crippen LogP contribution in [-0.4, -0.2) is 312 Å². The fourth-order valence-electron chi connectivity index (χ4n) is 1.50. The largest absolute Gasteiger partial charge is 0.478 e. The predicted molar refractivity (Wildman–Crippen MR) is 279 cm³/mol. The summed E-state index contributed by atoms with van der Waals surface area (Å²) in [5.41, 5.74) is -5.56. The van der Waals surface area contributed by atoms with Crippen molar-refractivity contribution in [2.24, 2.45) is 27.1 Å². The van der Waals surface area contributed by atoms with E-state index in [1.165, 1.54) is 0 Å². The van der Waals surface area contributed by atoms with Gasteiger partial charge >= 0.3 is 41.8 Å². The molecule has 0 aromatic carbocycles. The number of hydrogen-bond acceptors (Lipinski definition) is 27. The number of aliphatic hydroxyl groups is 20. The van der Waals surface area contributed by atoms with Crippen LogP contribution in [0.4, 0.5) is 0 Å². The molecule has 0 saturated carbocycles. The Morgan fingerprint density at radius 1 is 0.188 bits per heavy atom. The molecule has 0 spiro atoms. The molecule has 0 aliphatic rings. The summed E-state index contributed by atoms with van der Waals surface area (Å²) in [5, 5.41) is 223. The summed E-state index contributed by atoms with van der Waals surface area (Å²) in [6.07, 6.45) is 5.83. The quantitative estimate of drug-likeness (QED) is 0.0340. The van der Waals surface area contributed by atoms with Gasteiger partial charge in [-0.3, -0.25) is 0 Å². The first-order valence-electron chi connectivity index (χ1n) is 21.3. The molecule has 34 nitrogen and oxygen atoms in total. The van der Waals surface area contributed by atoms with E-state index in [9.17, 15) is 33.6 Å². The third-order valence-electron chi connectivity index (χ3n) is 7.93. The number of carbonyl (C=O) groups is 7. The van der Waals surface area contributed by atoms with Crippen LogP contribution in [0.1, 0.15) is 0 Å². The zero-order valence-electron chi connectivity index (χ0n) is 44.1. The Morgan fingerprint density at radius 3 is 0.225 bits per heavy atom. The Labute approximate surface area is 460 Å². The summed E-state index contributed by atoms with van der Waals surface area (Å²) in [4.78, 5) is 64.8. The molecule has 0 rings (SSSR count). The van der Waals surface area contributed by atoms with Crippen LogP contribution in [0.15, 0.2) is 88.6 Å². The lowest BCUT2D eigenvalue weighted by atomic mass is 9.93. The number of rotatable bonds is 27. The van der Waals surface area contributed by atoms with Crippen LogP contribution in [0, 0.1) is 27.1 Å². The third kappa shape index (κ3) is 78.2. The first kappa shape index (κ1) is 102. The van der Waals surface area contributed by atoms with Crippen molar-refractivity contribution in [2.45, 2.75) is 0 Å². The molecule has 0 aliphatic heterocycles. The minimum absolute atomic E-state index is 0.406. The zero-order chi connectivity index (χ0) is 66.6. The molecule has 0 aromatic rings. The number of carboxylic acid groups (broad SMARTS) is 7. The minimum Gasteiger partial charge on any atom is -0.478 e. The van der Waals surface area contributed by atoms with Crippen molar-refractivity contribution in [1.82, 2.24) is 0 Å². The molecule has 0 atom stereocenters. The molecule has 0 aliphatic carbocycles. The second kappa shape index (κ2) is 72.7. The maximum Gasteiger partial charge on any atom is 0.327 e. The van der Waals surface area contributed by atoms with Crippen molar-refractivity contribution in [3.8, 4) is 0 Å². The van der Waals surface area contributed by atoms with Crippen LogP contribution in [-0.2, 0) is 33.6 Å². The highest BCUT2D eigenvalue weighted by Crippen LogP contribution is 2.14. The monoisotopic (exact) mass is 1180 g/mol. The van der Waals surface area contributed by atoms with E-state index in [2.05, 4.69) is 46.1 Å². The SMILES string of the molecule is C=CC(=O)O.C=CC(=O)O.C=CC(=O)O.C=CC(=O)O.C=CC(=O)O.C=CC(=O)O.C=CC(=O)O.OCC(CO)(CO)CO.OCC(CO)(CO)CO.OCC(CO)(CO)CO.OCC(CO)(CO)CO.OCC(CO)(CO)CO.